The van der Waals surface area contributed by atoms with Crippen LogP contribution >= 0.6 is 35.0 Å². The molecule has 0 spiro atoms. The van der Waals surface area contributed by atoms with Crippen LogP contribution in [-0.4, -0.2) is 30.7 Å². The van der Waals surface area contributed by atoms with Gasteiger partial charge in [0.05, 0.1) is 17.1 Å². The summed E-state index contributed by atoms with van der Waals surface area (Å²) in [5.74, 6) is 1.06. The quantitative estimate of drug-likeness (QED) is 0.667. The van der Waals surface area contributed by atoms with Crippen molar-refractivity contribution in [2.75, 3.05) is 18.8 Å². The molecule has 2 rings (SSSR count). The van der Waals surface area contributed by atoms with Gasteiger partial charge in [-0.2, -0.15) is 11.8 Å². The van der Waals surface area contributed by atoms with Crippen LogP contribution in [0.4, 0.5) is 0 Å². The van der Waals surface area contributed by atoms with Crippen LogP contribution in [0.15, 0.2) is 48.5 Å². The van der Waals surface area contributed by atoms with Gasteiger partial charge in [-0.05, 0) is 23.8 Å². The fraction of sp³-hybridized carbons (Fsp3) is 0.222. The number of amides is 2. The Bertz CT molecular complexity index is 726. The molecule has 2 aromatic rings. The molecule has 2 aromatic carbocycles. The summed E-state index contributed by atoms with van der Waals surface area (Å²) < 4.78 is 0. The second-order valence-corrected chi connectivity index (χ2v) is 7.14. The molecule has 132 valence electrons. The summed E-state index contributed by atoms with van der Waals surface area (Å²) in [7, 11) is 0. The molecule has 0 atom stereocenters. The van der Waals surface area contributed by atoms with E-state index in [1.807, 2.05) is 18.2 Å². The van der Waals surface area contributed by atoms with E-state index in [1.165, 1.54) is 17.7 Å². The maximum atomic E-state index is 12.0. The first-order chi connectivity index (χ1) is 12.1. The third-order valence-corrected chi connectivity index (χ3v) is 4.84. The molecule has 0 aliphatic rings. The number of carbonyl (C=O) groups excluding carboxylic acids is 2. The molecule has 0 radical (unpaired) electrons. The predicted octanol–water partition coefficient (Wildman–Crippen LogP) is 3.77. The van der Waals surface area contributed by atoms with Gasteiger partial charge in [0.25, 0.3) is 5.91 Å². The first-order valence-corrected chi connectivity index (χ1v) is 9.59. The zero-order chi connectivity index (χ0) is 18.1. The lowest BCUT2D eigenvalue weighted by atomic mass is 10.2. The van der Waals surface area contributed by atoms with Crippen molar-refractivity contribution in [2.45, 2.75) is 5.75 Å². The lowest BCUT2D eigenvalue weighted by molar-refractivity contribution is -0.120. The third kappa shape index (κ3) is 6.98. The summed E-state index contributed by atoms with van der Waals surface area (Å²) in [5.41, 5.74) is 1.54. The fourth-order valence-corrected chi connectivity index (χ4v) is 3.33. The van der Waals surface area contributed by atoms with Crippen LogP contribution < -0.4 is 10.6 Å². The molecule has 0 aromatic heterocycles. The van der Waals surface area contributed by atoms with Gasteiger partial charge in [0, 0.05) is 23.1 Å². The van der Waals surface area contributed by atoms with Gasteiger partial charge in [0.1, 0.15) is 0 Å². The number of hydrogen-bond acceptors (Lipinski definition) is 3. The molecule has 2 N–H and O–H groups in total. The molecule has 7 heteroatoms. The standard InChI is InChI=1S/C18H18Cl2N2O2S/c19-14-6-7-15(16(20)10-14)18(24)22-11-17(23)21-8-9-25-12-13-4-2-1-3-5-13/h1-7,10H,8-9,11-12H2,(H,21,23)(H,22,24). The average Bonchev–Trinajstić information content (AvgIpc) is 2.60. The van der Waals surface area contributed by atoms with E-state index >= 15 is 0 Å². The van der Waals surface area contributed by atoms with E-state index in [2.05, 4.69) is 22.8 Å². The Labute approximate surface area is 161 Å². The molecule has 0 saturated carbocycles. The highest BCUT2D eigenvalue weighted by Crippen LogP contribution is 2.20. The zero-order valence-corrected chi connectivity index (χ0v) is 15.8. The highest BCUT2D eigenvalue weighted by molar-refractivity contribution is 7.98. The Morgan fingerprint density at radius 1 is 1.00 bits per heavy atom. The molecule has 4 nitrogen and oxygen atoms in total. The Hall–Kier alpha value is -1.69. The van der Waals surface area contributed by atoms with Gasteiger partial charge in [-0.15, -0.1) is 0 Å². The number of benzene rings is 2. The normalized spacial score (nSPS) is 10.3. The van der Waals surface area contributed by atoms with Crippen LogP contribution in [0.3, 0.4) is 0 Å². The van der Waals surface area contributed by atoms with Gasteiger partial charge in [-0.25, -0.2) is 0 Å². The second kappa shape index (κ2) is 10.3. The molecule has 0 unspecified atom stereocenters. The SMILES string of the molecule is O=C(CNC(=O)c1ccc(Cl)cc1Cl)NCCSCc1ccccc1. The third-order valence-electron chi connectivity index (χ3n) is 3.27. The molecule has 0 bridgehead atoms. The van der Waals surface area contributed by atoms with E-state index in [0.717, 1.165) is 11.5 Å². The minimum atomic E-state index is -0.407. The van der Waals surface area contributed by atoms with Crippen molar-refractivity contribution in [3.05, 3.63) is 69.7 Å². The molecular weight excluding hydrogens is 379 g/mol. The summed E-state index contributed by atoms with van der Waals surface area (Å²) in [5, 5.41) is 6.02. The monoisotopic (exact) mass is 396 g/mol. The summed E-state index contributed by atoms with van der Waals surface area (Å²) in [4.78, 5) is 23.8. The van der Waals surface area contributed by atoms with Gasteiger partial charge in [-0.3, -0.25) is 9.59 Å². The first kappa shape index (κ1) is 19.6. The molecular formula is C18H18Cl2N2O2S. The van der Waals surface area contributed by atoms with Crippen LogP contribution in [-0.2, 0) is 10.5 Å². The maximum Gasteiger partial charge on any atom is 0.253 e. The van der Waals surface area contributed by atoms with E-state index in [1.54, 1.807) is 17.8 Å². The van der Waals surface area contributed by atoms with Crippen molar-refractivity contribution in [3.8, 4) is 0 Å². The second-order valence-electron chi connectivity index (χ2n) is 5.19. The van der Waals surface area contributed by atoms with Crippen molar-refractivity contribution in [1.82, 2.24) is 10.6 Å². The molecule has 0 fully saturated rings. The van der Waals surface area contributed by atoms with Crippen LogP contribution in [0.25, 0.3) is 0 Å². The van der Waals surface area contributed by atoms with Crippen LogP contribution in [0.5, 0.6) is 0 Å². The number of nitrogens with one attached hydrogen (secondary N) is 2. The minimum Gasteiger partial charge on any atom is -0.354 e. The Morgan fingerprint density at radius 2 is 1.76 bits per heavy atom. The Balaban J connectivity index is 1.62. The number of rotatable bonds is 8. The van der Waals surface area contributed by atoms with Crippen molar-refractivity contribution in [1.29, 1.82) is 0 Å². The minimum absolute atomic E-state index is 0.0961. The molecule has 0 heterocycles. The highest BCUT2D eigenvalue weighted by atomic mass is 35.5. The van der Waals surface area contributed by atoms with E-state index in [0.29, 0.717) is 11.6 Å². The van der Waals surface area contributed by atoms with Crippen molar-refractivity contribution >= 4 is 46.8 Å². The van der Waals surface area contributed by atoms with Gasteiger partial charge >= 0.3 is 0 Å². The Kier molecular flexibility index (Phi) is 8.12. The molecule has 0 aliphatic heterocycles. The van der Waals surface area contributed by atoms with E-state index in [4.69, 9.17) is 23.2 Å². The lowest BCUT2D eigenvalue weighted by Crippen LogP contribution is -2.37. The smallest absolute Gasteiger partial charge is 0.253 e. The summed E-state index contributed by atoms with van der Waals surface area (Å²) in [6.45, 7) is 0.453. The number of thioether (sulfide) groups is 1. The maximum absolute atomic E-state index is 12.0. The Morgan fingerprint density at radius 3 is 2.48 bits per heavy atom. The molecule has 2 amide bonds. The van der Waals surface area contributed by atoms with Gasteiger partial charge in [0.15, 0.2) is 0 Å². The summed E-state index contributed by atoms with van der Waals surface area (Å²) in [6.07, 6.45) is 0. The summed E-state index contributed by atoms with van der Waals surface area (Å²) in [6, 6.07) is 14.7. The first-order valence-electron chi connectivity index (χ1n) is 7.68. The van der Waals surface area contributed by atoms with Gasteiger partial charge in [-0.1, -0.05) is 53.5 Å². The van der Waals surface area contributed by atoms with Crippen LogP contribution in [0.2, 0.25) is 10.0 Å². The van der Waals surface area contributed by atoms with E-state index < -0.39 is 5.91 Å². The number of carbonyl (C=O) groups is 2. The molecule has 0 aliphatic carbocycles. The van der Waals surface area contributed by atoms with Crippen LogP contribution in [0.1, 0.15) is 15.9 Å². The van der Waals surface area contributed by atoms with Crippen molar-refractivity contribution in [3.63, 3.8) is 0 Å². The zero-order valence-electron chi connectivity index (χ0n) is 13.4. The topological polar surface area (TPSA) is 58.2 Å². The lowest BCUT2D eigenvalue weighted by Gasteiger charge is -2.08. The summed E-state index contributed by atoms with van der Waals surface area (Å²) >= 11 is 13.5. The number of hydrogen-bond donors (Lipinski definition) is 2. The number of halogens is 2. The predicted molar refractivity (Wildman–Crippen MR) is 104 cm³/mol. The average molecular weight is 397 g/mol. The van der Waals surface area contributed by atoms with Crippen molar-refractivity contribution in [2.24, 2.45) is 0 Å². The van der Waals surface area contributed by atoms with Gasteiger partial charge in [0.2, 0.25) is 5.91 Å². The van der Waals surface area contributed by atoms with E-state index in [9.17, 15) is 9.59 Å². The van der Waals surface area contributed by atoms with Crippen molar-refractivity contribution < 1.29 is 9.59 Å². The largest absolute Gasteiger partial charge is 0.354 e. The van der Waals surface area contributed by atoms with Crippen LogP contribution in [0, 0.1) is 0 Å². The fourth-order valence-electron chi connectivity index (χ4n) is 2.02. The highest BCUT2D eigenvalue weighted by Gasteiger charge is 2.11. The van der Waals surface area contributed by atoms with Gasteiger partial charge < -0.3 is 10.6 Å². The molecule has 0 saturated heterocycles. The van der Waals surface area contributed by atoms with E-state index in [-0.39, 0.29) is 23.0 Å². The molecule has 25 heavy (non-hydrogen) atoms.